The van der Waals surface area contributed by atoms with Gasteiger partial charge in [-0.05, 0) is 18.6 Å². The van der Waals surface area contributed by atoms with Crippen LogP contribution in [0.15, 0.2) is 30.6 Å². The van der Waals surface area contributed by atoms with Crippen LogP contribution in [0.2, 0.25) is 0 Å². The molecule has 0 N–H and O–H groups in total. The molecule has 0 unspecified atom stereocenters. The number of aryl methyl sites for hydroxylation is 1. The Bertz CT molecular complexity index is 613. The van der Waals surface area contributed by atoms with Crippen LogP contribution in [0.5, 0.6) is 0 Å². The first-order valence-corrected chi connectivity index (χ1v) is 5.26. The van der Waals surface area contributed by atoms with Crippen molar-refractivity contribution in [2.45, 2.75) is 6.92 Å². The lowest BCUT2D eigenvalue weighted by Gasteiger charge is -1.91. The van der Waals surface area contributed by atoms with Crippen LogP contribution in [0.1, 0.15) is 5.56 Å². The fourth-order valence-corrected chi connectivity index (χ4v) is 2.70. The number of fused-ring (bicyclic) bond motifs is 3. The van der Waals surface area contributed by atoms with E-state index in [-0.39, 0.29) is 0 Å². The van der Waals surface area contributed by atoms with Gasteiger partial charge >= 0.3 is 0 Å². The van der Waals surface area contributed by atoms with Crippen LogP contribution in [-0.4, -0.2) is 9.97 Å². The van der Waals surface area contributed by atoms with Crippen molar-refractivity contribution >= 4 is 31.8 Å². The topological polar surface area (TPSA) is 25.8 Å². The van der Waals surface area contributed by atoms with Crippen LogP contribution in [0.3, 0.4) is 0 Å². The third kappa shape index (κ3) is 1.02. The van der Waals surface area contributed by atoms with Gasteiger partial charge in [-0.2, -0.15) is 0 Å². The molecule has 0 saturated heterocycles. The predicted octanol–water partition coefficient (Wildman–Crippen LogP) is 3.15. The second-order valence-corrected chi connectivity index (χ2v) is 4.34. The van der Waals surface area contributed by atoms with Gasteiger partial charge in [0, 0.05) is 22.5 Å². The highest BCUT2D eigenvalue weighted by molar-refractivity contribution is 7.25. The van der Waals surface area contributed by atoms with E-state index in [2.05, 4.69) is 35.1 Å². The molecule has 0 saturated carbocycles. The molecule has 0 spiro atoms. The molecule has 14 heavy (non-hydrogen) atoms. The first-order chi connectivity index (χ1) is 6.84. The zero-order valence-electron chi connectivity index (χ0n) is 7.69. The van der Waals surface area contributed by atoms with Crippen LogP contribution in [0.4, 0.5) is 0 Å². The monoisotopic (exact) mass is 200 g/mol. The largest absolute Gasteiger partial charge is 0.251 e. The van der Waals surface area contributed by atoms with E-state index in [0.717, 1.165) is 10.3 Å². The summed E-state index contributed by atoms with van der Waals surface area (Å²) in [6.07, 6.45) is 3.49. The van der Waals surface area contributed by atoms with E-state index in [0.29, 0.717) is 0 Å². The molecule has 3 heteroatoms. The molecule has 0 amide bonds. The molecule has 2 aromatic heterocycles. The summed E-state index contributed by atoms with van der Waals surface area (Å²) in [7, 11) is 0. The van der Waals surface area contributed by atoms with Gasteiger partial charge < -0.3 is 0 Å². The smallest absolute Gasteiger partial charge is 0.143 e. The van der Waals surface area contributed by atoms with Crippen molar-refractivity contribution in [2.24, 2.45) is 0 Å². The Morgan fingerprint density at radius 2 is 2.00 bits per heavy atom. The van der Waals surface area contributed by atoms with E-state index in [4.69, 9.17) is 0 Å². The van der Waals surface area contributed by atoms with Crippen LogP contribution in [0, 0.1) is 6.92 Å². The van der Waals surface area contributed by atoms with Gasteiger partial charge in [0.05, 0.1) is 0 Å². The molecule has 3 aromatic rings. The van der Waals surface area contributed by atoms with E-state index >= 15 is 0 Å². The fourth-order valence-electron chi connectivity index (χ4n) is 1.60. The quantitative estimate of drug-likeness (QED) is 0.557. The lowest BCUT2D eigenvalue weighted by atomic mass is 10.2. The molecule has 0 aliphatic rings. The maximum Gasteiger partial charge on any atom is 0.143 e. The normalized spacial score (nSPS) is 11.2. The third-order valence-electron chi connectivity index (χ3n) is 2.26. The average Bonchev–Trinajstić information content (AvgIpc) is 2.54. The summed E-state index contributed by atoms with van der Waals surface area (Å²) >= 11 is 1.70. The van der Waals surface area contributed by atoms with E-state index in [1.165, 1.54) is 15.6 Å². The van der Waals surface area contributed by atoms with Crippen molar-refractivity contribution in [3.05, 3.63) is 36.2 Å². The highest BCUT2D eigenvalue weighted by atomic mass is 32.1. The summed E-state index contributed by atoms with van der Waals surface area (Å²) in [4.78, 5) is 9.67. The first kappa shape index (κ1) is 7.88. The molecule has 1 aromatic carbocycles. The van der Waals surface area contributed by atoms with Gasteiger partial charge in [-0.3, -0.25) is 4.98 Å². The van der Waals surface area contributed by atoms with Gasteiger partial charge in [0.15, 0.2) is 0 Å². The summed E-state index contributed by atoms with van der Waals surface area (Å²) in [5.41, 5.74) is 2.30. The zero-order valence-corrected chi connectivity index (χ0v) is 8.51. The minimum absolute atomic E-state index is 1.02. The summed E-state index contributed by atoms with van der Waals surface area (Å²) in [5, 5.41) is 1.21. The van der Waals surface area contributed by atoms with Gasteiger partial charge in [-0.1, -0.05) is 12.1 Å². The summed E-state index contributed by atoms with van der Waals surface area (Å²) in [5.74, 6) is 0. The molecule has 2 nitrogen and oxygen atoms in total. The molecular formula is C11H8N2S. The molecule has 0 fully saturated rings. The lowest BCUT2D eigenvalue weighted by molar-refractivity contribution is 1.32. The molecule has 0 aliphatic carbocycles. The SMILES string of the molecule is Cc1ccc2c(c1)sc1nccnc12. The van der Waals surface area contributed by atoms with Crippen LogP contribution in [-0.2, 0) is 0 Å². The number of hydrogen-bond donors (Lipinski definition) is 0. The Morgan fingerprint density at radius 1 is 1.14 bits per heavy atom. The number of nitrogens with zero attached hydrogens (tertiary/aromatic N) is 2. The maximum absolute atomic E-state index is 4.35. The van der Waals surface area contributed by atoms with E-state index < -0.39 is 0 Å². The van der Waals surface area contributed by atoms with Gasteiger partial charge in [0.2, 0.25) is 0 Å². The number of aromatic nitrogens is 2. The van der Waals surface area contributed by atoms with Crippen molar-refractivity contribution < 1.29 is 0 Å². The molecule has 0 aliphatic heterocycles. The van der Waals surface area contributed by atoms with Crippen LogP contribution >= 0.6 is 11.3 Å². The van der Waals surface area contributed by atoms with Crippen molar-refractivity contribution in [3.63, 3.8) is 0 Å². The number of thiophene rings is 1. The first-order valence-electron chi connectivity index (χ1n) is 4.44. The Kier molecular flexibility index (Phi) is 1.55. The van der Waals surface area contributed by atoms with E-state index in [1.807, 2.05) is 0 Å². The third-order valence-corrected chi connectivity index (χ3v) is 3.31. The Hall–Kier alpha value is -1.48. The second kappa shape index (κ2) is 2.75. The van der Waals surface area contributed by atoms with Crippen molar-refractivity contribution in [2.75, 3.05) is 0 Å². The Morgan fingerprint density at radius 3 is 2.93 bits per heavy atom. The summed E-state index contributed by atoms with van der Waals surface area (Å²) < 4.78 is 1.27. The molecule has 68 valence electrons. The van der Waals surface area contributed by atoms with Crippen LogP contribution in [0.25, 0.3) is 20.4 Å². The summed E-state index contributed by atoms with van der Waals surface area (Å²) in [6.45, 7) is 2.10. The van der Waals surface area contributed by atoms with Gasteiger partial charge in [-0.25, -0.2) is 4.98 Å². The number of hydrogen-bond acceptors (Lipinski definition) is 3. The molecule has 2 heterocycles. The molecule has 3 rings (SSSR count). The van der Waals surface area contributed by atoms with E-state index in [9.17, 15) is 0 Å². The highest BCUT2D eigenvalue weighted by Gasteiger charge is 2.05. The standard InChI is InChI=1S/C11H8N2S/c1-7-2-3-8-9(6-7)14-11-10(8)12-4-5-13-11/h2-6H,1H3. The minimum Gasteiger partial charge on any atom is -0.251 e. The number of rotatable bonds is 0. The Balaban J connectivity index is 2.57. The lowest BCUT2D eigenvalue weighted by Crippen LogP contribution is -1.75. The minimum atomic E-state index is 1.02. The predicted molar refractivity (Wildman–Crippen MR) is 59.7 cm³/mol. The Labute approximate surface area is 85.2 Å². The van der Waals surface area contributed by atoms with Crippen molar-refractivity contribution in [3.8, 4) is 0 Å². The highest BCUT2D eigenvalue weighted by Crippen LogP contribution is 2.31. The molecule has 0 bridgehead atoms. The van der Waals surface area contributed by atoms with Gasteiger partial charge in [0.1, 0.15) is 10.3 Å². The fraction of sp³-hybridized carbons (Fsp3) is 0.0909. The second-order valence-electron chi connectivity index (χ2n) is 3.31. The molecular weight excluding hydrogens is 192 g/mol. The number of benzene rings is 1. The zero-order chi connectivity index (χ0) is 9.54. The average molecular weight is 200 g/mol. The summed E-state index contributed by atoms with van der Waals surface area (Å²) in [6, 6.07) is 6.42. The van der Waals surface area contributed by atoms with Crippen LogP contribution < -0.4 is 0 Å². The van der Waals surface area contributed by atoms with Crippen molar-refractivity contribution in [1.29, 1.82) is 0 Å². The molecule has 0 radical (unpaired) electrons. The van der Waals surface area contributed by atoms with Gasteiger partial charge in [0.25, 0.3) is 0 Å². The maximum atomic E-state index is 4.35. The van der Waals surface area contributed by atoms with E-state index in [1.54, 1.807) is 23.7 Å². The molecule has 0 atom stereocenters. The van der Waals surface area contributed by atoms with Crippen molar-refractivity contribution in [1.82, 2.24) is 9.97 Å². The van der Waals surface area contributed by atoms with Gasteiger partial charge in [-0.15, -0.1) is 11.3 Å².